The van der Waals surface area contributed by atoms with Crippen molar-refractivity contribution in [3.05, 3.63) is 12.7 Å². The summed E-state index contributed by atoms with van der Waals surface area (Å²) < 4.78 is 0. The highest BCUT2D eigenvalue weighted by Crippen LogP contribution is 2.13. The van der Waals surface area contributed by atoms with E-state index in [1.165, 1.54) is 4.90 Å². The van der Waals surface area contributed by atoms with Crippen LogP contribution >= 0.6 is 0 Å². The number of nitrogens with zero attached hydrogens (tertiary/aromatic N) is 1. The van der Waals surface area contributed by atoms with Gasteiger partial charge in [-0.25, -0.2) is 0 Å². The number of rotatable bonds is 6. The Balaban J connectivity index is 4.56. The normalized spacial score (nSPS) is 12.7. The van der Waals surface area contributed by atoms with E-state index in [9.17, 15) is 9.59 Å². The van der Waals surface area contributed by atoms with Gasteiger partial charge in [0.1, 0.15) is 6.04 Å². The minimum atomic E-state index is -0.608. The molecule has 0 aromatic heterocycles. The predicted octanol–water partition coefficient (Wildman–Crippen LogP) is 0.544. The standard InChI is InChI=1S/C13H24N2O3/c1-6-7-15(8-9-16)11(17)10(2)14-12(18)13(3,4)5/h6,10,16H,1,7-9H2,2-5H3,(H,14,18). The van der Waals surface area contributed by atoms with Crippen molar-refractivity contribution < 1.29 is 14.7 Å². The van der Waals surface area contributed by atoms with Crippen LogP contribution in [0.3, 0.4) is 0 Å². The van der Waals surface area contributed by atoms with Crippen LogP contribution in [-0.2, 0) is 9.59 Å². The van der Waals surface area contributed by atoms with Crippen LogP contribution in [0, 0.1) is 5.41 Å². The largest absolute Gasteiger partial charge is 0.395 e. The lowest BCUT2D eigenvalue weighted by Crippen LogP contribution is -2.50. The van der Waals surface area contributed by atoms with E-state index in [1.54, 1.807) is 33.8 Å². The van der Waals surface area contributed by atoms with E-state index in [0.717, 1.165) is 0 Å². The van der Waals surface area contributed by atoms with Crippen LogP contribution in [0.15, 0.2) is 12.7 Å². The summed E-state index contributed by atoms with van der Waals surface area (Å²) in [6.45, 7) is 11.0. The Morgan fingerprint density at radius 2 is 2.00 bits per heavy atom. The molecule has 0 saturated carbocycles. The minimum Gasteiger partial charge on any atom is -0.395 e. The number of amides is 2. The van der Waals surface area contributed by atoms with E-state index < -0.39 is 11.5 Å². The van der Waals surface area contributed by atoms with Crippen molar-refractivity contribution in [3.8, 4) is 0 Å². The van der Waals surface area contributed by atoms with E-state index >= 15 is 0 Å². The van der Waals surface area contributed by atoms with Crippen LogP contribution in [0.2, 0.25) is 0 Å². The summed E-state index contributed by atoms with van der Waals surface area (Å²) in [6.07, 6.45) is 1.59. The van der Waals surface area contributed by atoms with Gasteiger partial charge in [-0.3, -0.25) is 9.59 Å². The Kier molecular flexibility index (Phi) is 6.62. The molecule has 2 N–H and O–H groups in total. The molecule has 0 aliphatic carbocycles. The van der Waals surface area contributed by atoms with Crippen LogP contribution in [-0.4, -0.2) is 47.6 Å². The van der Waals surface area contributed by atoms with Gasteiger partial charge in [0.15, 0.2) is 0 Å². The van der Waals surface area contributed by atoms with Crippen molar-refractivity contribution in [2.75, 3.05) is 19.7 Å². The Labute approximate surface area is 109 Å². The number of hydrogen-bond donors (Lipinski definition) is 2. The van der Waals surface area contributed by atoms with Gasteiger partial charge in [0.2, 0.25) is 11.8 Å². The lowest BCUT2D eigenvalue weighted by atomic mass is 9.95. The van der Waals surface area contributed by atoms with Crippen molar-refractivity contribution in [2.45, 2.75) is 33.7 Å². The van der Waals surface area contributed by atoms with Gasteiger partial charge in [0, 0.05) is 18.5 Å². The molecule has 0 bridgehead atoms. The molecule has 5 nitrogen and oxygen atoms in total. The summed E-state index contributed by atoms with van der Waals surface area (Å²) in [5.41, 5.74) is -0.533. The van der Waals surface area contributed by atoms with Crippen molar-refractivity contribution in [1.82, 2.24) is 10.2 Å². The monoisotopic (exact) mass is 256 g/mol. The minimum absolute atomic E-state index is 0.112. The van der Waals surface area contributed by atoms with Crippen LogP contribution in [0.1, 0.15) is 27.7 Å². The van der Waals surface area contributed by atoms with Crippen LogP contribution in [0.25, 0.3) is 0 Å². The highest BCUT2D eigenvalue weighted by Gasteiger charge is 2.26. The molecule has 0 heterocycles. The fourth-order valence-corrected chi connectivity index (χ4v) is 1.32. The summed E-state index contributed by atoms with van der Waals surface area (Å²) in [5.74, 6) is -0.396. The zero-order valence-electron chi connectivity index (χ0n) is 11.7. The average molecular weight is 256 g/mol. The first-order valence-corrected chi connectivity index (χ1v) is 6.05. The van der Waals surface area contributed by atoms with Gasteiger partial charge in [-0.05, 0) is 6.92 Å². The first-order chi connectivity index (χ1) is 8.23. The molecule has 18 heavy (non-hydrogen) atoms. The molecule has 0 fully saturated rings. The smallest absolute Gasteiger partial charge is 0.245 e. The Bertz CT molecular complexity index is 308. The van der Waals surface area contributed by atoms with E-state index in [-0.39, 0.29) is 25.0 Å². The number of carbonyl (C=O) groups excluding carboxylic acids is 2. The summed E-state index contributed by atoms with van der Waals surface area (Å²) in [4.78, 5) is 25.3. The quantitative estimate of drug-likeness (QED) is 0.682. The second-order valence-electron chi connectivity index (χ2n) is 5.24. The van der Waals surface area contributed by atoms with Crippen LogP contribution in [0.5, 0.6) is 0 Å². The fourth-order valence-electron chi connectivity index (χ4n) is 1.32. The molecule has 0 aromatic rings. The first-order valence-electron chi connectivity index (χ1n) is 6.05. The molecule has 104 valence electrons. The molecular weight excluding hydrogens is 232 g/mol. The van der Waals surface area contributed by atoms with Crippen molar-refractivity contribution in [1.29, 1.82) is 0 Å². The predicted molar refractivity (Wildman–Crippen MR) is 70.9 cm³/mol. The van der Waals surface area contributed by atoms with Crippen LogP contribution < -0.4 is 5.32 Å². The van der Waals surface area contributed by atoms with Gasteiger partial charge in [-0.15, -0.1) is 6.58 Å². The number of nitrogens with one attached hydrogen (secondary N) is 1. The number of aliphatic hydroxyl groups excluding tert-OH is 1. The topological polar surface area (TPSA) is 69.6 Å². The second-order valence-corrected chi connectivity index (χ2v) is 5.24. The third-order valence-corrected chi connectivity index (χ3v) is 2.43. The lowest BCUT2D eigenvalue weighted by Gasteiger charge is -2.26. The van der Waals surface area contributed by atoms with E-state index in [1.807, 2.05) is 0 Å². The molecule has 5 heteroatoms. The average Bonchev–Trinajstić information content (AvgIpc) is 2.26. The number of carbonyl (C=O) groups is 2. The Morgan fingerprint density at radius 1 is 1.44 bits per heavy atom. The second kappa shape index (κ2) is 7.16. The molecule has 0 aliphatic heterocycles. The van der Waals surface area contributed by atoms with E-state index in [4.69, 9.17) is 5.11 Å². The van der Waals surface area contributed by atoms with Crippen molar-refractivity contribution in [2.24, 2.45) is 5.41 Å². The molecule has 0 aliphatic rings. The third-order valence-electron chi connectivity index (χ3n) is 2.43. The van der Waals surface area contributed by atoms with Gasteiger partial charge in [-0.1, -0.05) is 26.8 Å². The molecule has 1 atom stereocenters. The molecule has 0 rings (SSSR count). The Hall–Kier alpha value is -1.36. The van der Waals surface area contributed by atoms with Crippen molar-refractivity contribution in [3.63, 3.8) is 0 Å². The van der Waals surface area contributed by atoms with E-state index in [0.29, 0.717) is 6.54 Å². The first kappa shape index (κ1) is 16.6. The maximum absolute atomic E-state index is 12.0. The summed E-state index contributed by atoms with van der Waals surface area (Å²) in [5, 5.41) is 11.6. The molecular formula is C13H24N2O3. The zero-order valence-corrected chi connectivity index (χ0v) is 11.7. The maximum Gasteiger partial charge on any atom is 0.245 e. The summed E-state index contributed by atoms with van der Waals surface area (Å²) in [6, 6.07) is -0.608. The van der Waals surface area contributed by atoms with Gasteiger partial charge in [0.25, 0.3) is 0 Å². The van der Waals surface area contributed by atoms with Crippen LogP contribution in [0.4, 0.5) is 0 Å². The molecule has 1 unspecified atom stereocenters. The van der Waals surface area contributed by atoms with Gasteiger partial charge >= 0.3 is 0 Å². The van der Waals surface area contributed by atoms with Gasteiger partial charge < -0.3 is 15.3 Å². The lowest BCUT2D eigenvalue weighted by molar-refractivity contribution is -0.138. The summed E-state index contributed by atoms with van der Waals surface area (Å²) >= 11 is 0. The number of aliphatic hydroxyl groups is 1. The fraction of sp³-hybridized carbons (Fsp3) is 0.692. The molecule has 0 radical (unpaired) electrons. The van der Waals surface area contributed by atoms with E-state index in [2.05, 4.69) is 11.9 Å². The molecule has 0 saturated heterocycles. The van der Waals surface area contributed by atoms with Gasteiger partial charge in [-0.2, -0.15) is 0 Å². The molecule has 0 spiro atoms. The SMILES string of the molecule is C=CCN(CCO)C(=O)C(C)NC(=O)C(C)(C)C. The third kappa shape index (κ3) is 5.31. The summed E-state index contributed by atoms with van der Waals surface area (Å²) in [7, 11) is 0. The zero-order chi connectivity index (χ0) is 14.3. The maximum atomic E-state index is 12.0. The number of hydrogen-bond acceptors (Lipinski definition) is 3. The van der Waals surface area contributed by atoms with Gasteiger partial charge in [0.05, 0.1) is 6.61 Å². The highest BCUT2D eigenvalue weighted by atomic mass is 16.3. The Morgan fingerprint density at radius 3 is 2.39 bits per heavy atom. The van der Waals surface area contributed by atoms with Crippen molar-refractivity contribution >= 4 is 11.8 Å². The molecule has 0 aromatic carbocycles. The highest BCUT2D eigenvalue weighted by molar-refractivity contribution is 5.89. The molecule has 2 amide bonds.